The van der Waals surface area contributed by atoms with Crippen LogP contribution >= 0.6 is 0 Å². The summed E-state index contributed by atoms with van der Waals surface area (Å²) in [6, 6.07) is 0.189. The van der Waals surface area contributed by atoms with Gasteiger partial charge in [0.2, 0.25) is 5.95 Å². The molecule has 1 N–H and O–H groups in total. The van der Waals surface area contributed by atoms with Crippen LogP contribution in [-0.2, 0) is 4.74 Å². The first-order valence-corrected chi connectivity index (χ1v) is 9.83. The van der Waals surface area contributed by atoms with Gasteiger partial charge in [-0.25, -0.2) is 14.8 Å². The zero-order valence-corrected chi connectivity index (χ0v) is 16.4. The highest BCUT2D eigenvalue weighted by Crippen LogP contribution is 2.35. The summed E-state index contributed by atoms with van der Waals surface area (Å²) in [5.41, 5.74) is 0.0237. The van der Waals surface area contributed by atoms with E-state index in [2.05, 4.69) is 29.1 Å². The summed E-state index contributed by atoms with van der Waals surface area (Å²) in [4.78, 5) is 37.0. The van der Waals surface area contributed by atoms with E-state index in [0.717, 1.165) is 19.4 Å². The Balaban J connectivity index is 1.58. The molecule has 2 amide bonds. The Morgan fingerprint density at radius 1 is 1.30 bits per heavy atom. The molecule has 148 valence electrons. The third-order valence-electron chi connectivity index (χ3n) is 5.43. The number of piperidine rings is 1. The van der Waals surface area contributed by atoms with Gasteiger partial charge in [-0.2, -0.15) is 0 Å². The van der Waals surface area contributed by atoms with E-state index in [9.17, 15) is 9.59 Å². The van der Waals surface area contributed by atoms with E-state index in [0.29, 0.717) is 44.0 Å². The molecule has 1 atom stereocenters. The highest BCUT2D eigenvalue weighted by molar-refractivity contribution is 5.93. The van der Waals surface area contributed by atoms with Gasteiger partial charge >= 0.3 is 6.09 Å². The quantitative estimate of drug-likeness (QED) is 0.822. The van der Waals surface area contributed by atoms with Crippen LogP contribution in [-0.4, -0.2) is 69.6 Å². The smallest absolute Gasteiger partial charge is 0.410 e. The molecular weight excluding hydrogens is 346 g/mol. The van der Waals surface area contributed by atoms with Gasteiger partial charge in [0.25, 0.3) is 5.91 Å². The standard InChI is InChI=1S/C19H29N5O3/c1-4-6-14(3)24-13-19(27-18(24)26)7-9-23(10-8-19)16(25)15-11-21-17(20-5-2)22-12-15/h11-12,14H,4-10,13H2,1-3H3,(H,20,21,22)/t14-/m1/s1. The topological polar surface area (TPSA) is 87.7 Å². The number of carbonyl (C=O) groups excluding carboxylic acids is 2. The molecule has 8 nitrogen and oxygen atoms in total. The van der Waals surface area contributed by atoms with Crippen molar-refractivity contribution >= 4 is 17.9 Å². The first-order chi connectivity index (χ1) is 13.0. The van der Waals surface area contributed by atoms with Crippen LogP contribution in [0.1, 0.15) is 56.8 Å². The van der Waals surface area contributed by atoms with E-state index in [1.807, 2.05) is 11.8 Å². The van der Waals surface area contributed by atoms with E-state index >= 15 is 0 Å². The number of rotatable bonds is 6. The number of nitrogens with one attached hydrogen (secondary N) is 1. The van der Waals surface area contributed by atoms with Crippen LogP contribution < -0.4 is 5.32 Å². The minimum absolute atomic E-state index is 0.0755. The van der Waals surface area contributed by atoms with Gasteiger partial charge in [0, 0.05) is 50.9 Å². The van der Waals surface area contributed by atoms with Gasteiger partial charge < -0.3 is 19.9 Å². The number of amides is 2. The summed E-state index contributed by atoms with van der Waals surface area (Å²) in [6.07, 6.45) is 6.23. The van der Waals surface area contributed by atoms with Gasteiger partial charge in [0.05, 0.1) is 12.1 Å². The Morgan fingerprint density at radius 2 is 1.96 bits per heavy atom. The summed E-state index contributed by atoms with van der Waals surface area (Å²) in [7, 11) is 0. The van der Waals surface area contributed by atoms with E-state index in [1.165, 1.54) is 0 Å². The van der Waals surface area contributed by atoms with Crippen LogP contribution in [0.4, 0.5) is 10.7 Å². The predicted octanol–water partition coefficient (Wildman–Crippen LogP) is 2.52. The number of nitrogens with zero attached hydrogens (tertiary/aromatic N) is 4. The van der Waals surface area contributed by atoms with Gasteiger partial charge in [-0.1, -0.05) is 13.3 Å². The van der Waals surface area contributed by atoms with Gasteiger partial charge in [-0.3, -0.25) is 4.79 Å². The van der Waals surface area contributed by atoms with Crippen molar-refractivity contribution in [1.29, 1.82) is 0 Å². The normalized spacial score (nSPS) is 19.9. The minimum Gasteiger partial charge on any atom is -0.441 e. The minimum atomic E-state index is -0.457. The molecule has 0 aromatic carbocycles. The first kappa shape index (κ1) is 19.4. The van der Waals surface area contributed by atoms with Crippen molar-refractivity contribution in [2.24, 2.45) is 0 Å². The number of hydrogen-bond donors (Lipinski definition) is 1. The predicted molar refractivity (Wildman–Crippen MR) is 102 cm³/mol. The number of aromatic nitrogens is 2. The van der Waals surface area contributed by atoms with E-state index in [-0.39, 0.29) is 18.0 Å². The Bertz CT molecular complexity index is 670. The lowest BCUT2D eigenvalue weighted by Crippen LogP contribution is -2.49. The van der Waals surface area contributed by atoms with Crippen LogP contribution in [0.3, 0.4) is 0 Å². The van der Waals surface area contributed by atoms with Gasteiger partial charge in [-0.05, 0) is 20.3 Å². The van der Waals surface area contributed by atoms with Crippen LogP contribution in [0.25, 0.3) is 0 Å². The van der Waals surface area contributed by atoms with Gasteiger partial charge in [0.15, 0.2) is 0 Å². The summed E-state index contributed by atoms with van der Waals surface area (Å²) < 4.78 is 5.76. The molecule has 1 spiro atoms. The van der Waals surface area contributed by atoms with E-state index < -0.39 is 5.60 Å². The molecule has 2 aliphatic heterocycles. The van der Waals surface area contributed by atoms with Crippen molar-refractivity contribution in [3.05, 3.63) is 18.0 Å². The fraction of sp³-hybridized carbons (Fsp3) is 0.684. The Morgan fingerprint density at radius 3 is 2.56 bits per heavy atom. The highest BCUT2D eigenvalue weighted by Gasteiger charge is 2.48. The lowest BCUT2D eigenvalue weighted by molar-refractivity contribution is 0.00305. The Kier molecular flexibility index (Phi) is 5.82. The second-order valence-corrected chi connectivity index (χ2v) is 7.43. The second-order valence-electron chi connectivity index (χ2n) is 7.43. The molecule has 3 heterocycles. The molecule has 27 heavy (non-hydrogen) atoms. The molecule has 1 aromatic heterocycles. The van der Waals surface area contributed by atoms with Crippen molar-refractivity contribution in [3.63, 3.8) is 0 Å². The summed E-state index contributed by atoms with van der Waals surface area (Å²) in [6.45, 7) is 8.63. The molecule has 0 saturated carbocycles. The molecule has 0 radical (unpaired) electrons. The molecule has 8 heteroatoms. The van der Waals surface area contributed by atoms with Gasteiger partial charge in [0.1, 0.15) is 5.60 Å². The van der Waals surface area contributed by atoms with Crippen LogP contribution in [0.15, 0.2) is 12.4 Å². The molecule has 2 fully saturated rings. The monoisotopic (exact) mass is 375 g/mol. The number of likely N-dealkylation sites (tertiary alicyclic amines) is 1. The van der Waals surface area contributed by atoms with Crippen molar-refractivity contribution in [2.45, 2.75) is 58.1 Å². The van der Waals surface area contributed by atoms with Crippen LogP contribution in [0, 0.1) is 0 Å². The lowest BCUT2D eigenvalue weighted by atomic mass is 9.90. The average Bonchev–Trinajstić information content (AvgIpc) is 2.99. The zero-order valence-electron chi connectivity index (χ0n) is 16.4. The molecule has 0 aliphatic carbocycles. The number of anilines is 1. The molecule has 2 saturated heterocycles. The van der Waals surface area contributed by atoms with E-state index in [4.69, 9.17) is 4.74 Å². The summed E-state index contributed by atoms with van der Waals surface area (Å²) in [5, 5.41) is 3.01. The van der Waals surface area contributed by atoms with E-state index in [1.54, 1.807) is 17.3 Å². The first-order valence-electron chi connectivity index (χ1n) is 9.83. The van der Waals surface area contributed by atoms with Crippen molar-refractivity contribution in [1.82, 2.24) is 19.8 Å². The Hall–Kier alpha value is -2.38. The maximum Gasteiger partial charge on any atom is 0.410 e. The summed E-state index contributed by atoms with van der Waals surface area (Å²) in [5.74, 6) is 0.444. The molecule has 0 unspecified atom stereocenters. The SMILES string of the molecule is CCC[C@@H](C)N1CC2(CCN(C(=O)c3cnc(NCC)nc3)CC2)OC1=O. The zero-order chi connectivity index (χ0) is 19.4. The number of carbonyl (C=O) groups is 2. The summed E-state index contributed by atoms with van der Waals surface area (Å²) >= 11 is 0. The molecule has 0 bridgehead atoms. The highest BCUT2D eigenvalue weighted by atomic mass is 16.6. The van der Waals surface area contributed by atoms with Crippen molar-refractivity contribution < 1.29 is 14.3 Å². The van der Waals surface area contributed by atoms with Crippen molar-refractivity contribution in [2.75, 3.05) is 31.5 Å². The second kappa shape index (κ2) is 8.10. The third-order valence-corrected chi connectivity index (χ3v) is 5.43. The molecule has 3 rings (SSSR count). The average molecular weight is 375 g/mol. The third kappa shape index (κ3) is 4.14. The maximum absolute atomic E-state index is 12.7. The largest absolute Gasteiger partial charge is 0.441 e. The maximum atomic E-state index is 12.7. The lowest BCUT2D eigenvalue weighted by Gasteiger charge is -2.37. The molecular formula is C19H29N5O3. The van der Waals surface area contributed by atoms with Crippen LogP contribution in [0.5, 0.6) is 0 Å². The van der Waals surface area contributed by atoms with Crippen LogP contribution in [0.2, 0.25) is 0 Å². The number of hydrogen-bond acceptors (Lipinski definition) is 6. The molecule has 1 aromatic rings. The fourth-order valence-corrected chi connectivity index (χ4v) is 3.81. The van der Waals surface area contributed by atoms with Crippen molar-refractivity contribution in [3.8, 4) is 0 Å². The fourth-order valence-electron chi connectivity index (χ4n) is 3.81. The van der Waals surface area contributed by atoms with Gasteiger partial charge in [-0.15, -0.1) is 0 Å². The number of ether oxygens (including phenoxy) is 1. The Labute approximate surface area is 160 Å². The molecule has 2 aliphatic rings.